The molecule has 92 valence electrons. The predicted octanol–water partition coefficient (Wildman–Crippen LogP) is 0.833. The van der Waals surface area contributed by atoms with Gasteiger partial charge < -0.3 is 15.4 Å². The van der Waals surface area contributed by atoms with Gasteiger partial charge in [0.2, 0.25) is 0 Å². The maximum Gasteiger partial charge on any atom is 0.256 e. The second kappa shape index (κ2) is 4.71. The van der Waals surface area contributed by atoms with E-state index in [1.54, 1.807) is 12.3 Å². The minimum absolute atomic E-state index is 0.0156. The van der Waals surface area contributed by atoms with Crippen LogP contribution in [0.25, 0.3) is 0 Å². The smallest absolute Gasteiger partial charge is 0.256 e. The van der Waals surface area contributed by atoms with Crippen LogP contribution in [0.1, 0.15) is 23.0 Å². The maximum atomic E-state index is 12.4. The number of carbonyl (C=O) groups excluding carboxylic acids is 1. The lowest BCUT2D eigenvalue weighted by atomic mass is 10.1. The van der Waals surface area contributed by atoms with Crippen LogP contribution in [0.3, 0.4) is 0 Å². The molecule has 1 aromatic rings. The molecule has 17 heavy (non-hydrogen) atoms. The zero-order chi connectivity index (χ0) is 12.4. The van der Waals surface area contributed by atoms with E-state index in [0.29, 0.717) is 36.7 Å². The Bertz CT molecular complexity index is 434. The summed E-state index contributed by atoms with van der Waals surface area (Å²) in [6.45, 7) is 5.59. The quantitative estimate of drug-likeness (QED) is 0.783. The topological polar surface area (TPSA) is 68.5 Å². The van der Waals surface area contributed by atoms with Crippen molar-refractivity contribution in [2.24, 2.45) is 0 Å². The number of ether oxygens (including phenoxy) is 1. The van der Waals surface area contributed by atoms with Gasteiger partial charge in [0.05, 0.1) is 42.4 Å². The molecule has 0 saturated carbocycles. The van der Waals surface area contributed by atoms with E-state index in [0.717, 1.165) is 0 Å². The van der Waals surface area contributed by atoms with Crippen molar-refractivity contribution < 1.29 is 9.53 Å². The van der Waals surface area contributed by atoms with Crippen LogP contribution in [-0.4, -0.2) is 41.6 Å². The van der Waals surface area contributed by atoms with Gasteiger partial charge in [-0.3, -0.25) is 9.78 Å². The highest BCUT2D eigenvalue weighted by Crippen LogP contribution is 2.16. The van der Waals surface area contributed by atoms with E-state index in [4.69, 9.17) is 10.5 Å². The first-order valence-electron chi connectivity index (χ1n) is 5.70. The lowest BCUT2D eigenvalue weighted by Gasteiger charge is -2.33. The van der Waals surface area contributed by atoms with E-state index < -0.39 is 0 Å². The summed E-state index contributed by atoms with van der Waals surface area (Å²) in [5.41, 5.74) is 7.48. The Hall–Kier alpha value is -1.62. The molecule has 1 fully saturated rings. The number of nitrogens with zero attached hydrogens (tertiary/aromatic N) is 2. The van der Waals surface area contributed by atoms with Crippen molar-refractivity contribution in [3.05, 3.63) is 23.5 Å². The Morgan fingerprint density at radius 1 is 1.65 bits per heavy atom. The van der Waals surface area contributed by atoms with Crippen LogP contribution in [-0.2, 0) is 4.74 Å². The first kappa shape index (κ1) is 11.9. The first-order chi connectivity index (χ1) is 8.09. The van der Waals surface area contributed by atoms with Crippen LogP contribution in [0.15, 0.2) is 12.3 Å². The van der Waals surface area contributed by atoms with Crippen molar-refractivity contribution in [3.63, 3.8) is 0 Å². The number of nitrogen functional groups attached to an aromatic ring is 1. The number of aromatic nitrogens is 1. The fourth-order valence-electron chi connectivity index (χ4n) is 1.95. The molecule has 0 aliphatic carbocycles. The molecule has 1 aliphatic heterocycles. The molecule has 1 amide bonds. The summed E-state index contributed by atoms with van der Waals surface area (Å²) in [6.07, 6.45) is 1.56. The fourth-order valence-corrected chi connectivity index (χ4v) is 1.95. The molecule has 0 radical (unpaired) electrons. The molecule has 2 N–H and O–H groups in total. The second-order valence-corrected chi connectivity index (χ2v) is 4.32. The van der Waals surface area contributed by atoms with Gasteiger partial charge in [-0.25, -0.2) is 0 Å². The van der Waals surface area contributed by atoms with Crippen LogP contribution >= 0.6 is 0 Å². The third-order valence-electron chi connectivity index (χ3n) is 2.97. The molecule has 1 aromatic heterocycles. The zero-order valence-corrected chi connectivity index (χ0v) is 10.1. The van der Waals surface area contributed by atoms with Gasteiger partial charge in [0, 0.05) is 6.54 Å². The van der Waals surface area contributed by atoms with E-state index in [-0.39, 0.29) is 11.9 Å². The van der Waals surface area contributed by atoms with Crippen molar-refractivity contribution >= 4 is 11.6 Å². The molecule has 2 rings (SSSR count). The molecule has 1 aliphatic rings. The number of anilines is 1. The van der Waals surface area contributed by atoms with Gasteiger partial charge in [-0.1, -0.05) is 0 Å². The van der Waals surface area contributed by atoms with Gasteiger partial charge in [0.25, 0.3) is 5.91 Å². The Kier molecular flexibility index (Phi) is 3.28. The number of morpholine rings is 1. The maximum absolute atomic E-state index is 12.4. The van der Waals surface area contributed by atoms with Gasteiger partial charge in [-0.15, -0.1) is 0 Å². The molecular formula is C12H17N3O2. The third kappa shape index (κ3) is 2.39. The van der Waals surface area contributed by atoms with E-state index in [9.17, 15) is 4.79 Å². The summed E-state index contributed by atoms with van der Waals surface area (Å²) in [6, 6.07) is 1.78. The molecule has 2 heterocycles. The summed E-state index contributed by atoms with van der Waals surface area (Å²) < 4.78 is 5.32. The van der Waals surface area contributed by atoms with Crippen LogP contribution in [0.2, 0.25) is 0 Å². The molecule has 0 spiro atoms. The van der Waals surface area contributed by atoms with Crippen LogP contribution in [0, 0.1) is 6.92 Å². The predicted molar refractivity (Wildman–Crippen MR) is 64.7 cm³/mol. The minimum Gasteiger partial charge on any atom is -0.397 e. The Morgan fingerprint density at radius 3 is 3.12 bits per heavy atom. The van der Waals surface area contributed by atoms with E-state index in [1.807, 2.05) is 18.7 Å². The molecule has 0 unspecified atom stereocenters. The summed E-state index contributed by atoms with van der Waals surface area (Å²) in [7, 11) is 0. The largest absolute Gasteiger partial charge is 0.397 e. The Morgan fingerprint density at radius 2 is 2.41 bits per heavy atom. The highest BCUT2D eigenvalue weighted by molar-refractivity contribution is 5.96. The Balaban J connectivity index is 2.26. The summed E-state index contributed by atoms with van der Waals surface area (Å²) >= 11 is 0. The number of rotatable bonds is 1. The van der Waals surface area contributed by atoms with Crippen LogP contribution in [0.5, 0.6) is 0 Å². The standard InChI is InChI=1S/C12H17N3O2/c1-8-7-17-4-3-15(8)12(16)11-5-10(13)6-14-9(11)2/h5-6,8H,3-4,7,13H2,1-2H3/t8-/m1/s1. The number of aryl methyl sites for hydroxylation is 1. The second-order valence-electron chi connectivity index (χ2n) is 4.32. The highest BCUT2D eigenvalue weighted by Gasteiger charge is 2.26. The van der Waals surface area contributed by atoms with Crippen molar-refractivity contribution in [1.29, 1.82) is 0 Å². The summed E-state index contributed by atoms with van der Waals surface area (Å²) in [5, 5.41) is 0. The highest BCUT2D eigenvalue weighted by atomic mass is 16.5. The Labute approximate surface area is 101 Å². The lowest BCUT2D eigenvalue weighted by Crippen LogP contribution is -2.47. The SMILES string of the molecule is Cc1ncc(N)cc1C(=O)N1CCOC[C@H]1C. The van der Waals surface area contributed by atoms with E-state index in [2.05, 4.69) is 4.98 Å². The molecule has 0 bridgehead atoms. The van der Waals surface area contributed by atoms with Gasteiger partial charge >= 0.3 is 0 Å². The van der Waals surface area contributed by atoms with Gasteiger partial charge in [0.15, 0.2) is 0 Å². The van der Waals surface area contributed by atoms with Crippen LogP contribution < -0.4 is 5.73 Å². The van der Waals surface area contributed by atoms with Gasteiger partial charge in [-0.05, 0) is 19.9 Å². The van der Waals surface area contributed by atoms with E-state index >= 15 is 0 Å². The summed E-state index contributed by atoms with van der Waals surface area (Å²) in [5.74, 6) is -0.0156. The number of nitrogens with two attached hydrogens (primary N) is 1. The fraction of sp³-hybridized carbons (Fsp3) is 0.500. The van der Waals surface area contributed by atoms with Crippen molar-refractivity contribution in [2.75, 3.05) is 25.5 Å². The minimum atomic E-state index is -0.0156. The molecule has 5 nitrogen and oxygen atoms in total. The molecule has 0 aromatic carbocycles. The zero-order valence-electron chi connectivity index (χ0n) is 10.1. The average Bonchev–Trinajstić information content (AvgIpc) is 2.32. The lowest BCUT2D eigenvalue weighted by molar-refractivity contribution is 0.00353. The van der Waals surface area contributed by atoms with Crippen molar-refractivity contribution in [3.8, 4) is 0 Å². The number of carbonyl (C=O) groups is 1. The van der Waals surface area contributed by atoms with Crippen molar-refractivity contribution in [1.82, 2.24) is 9.88 Å². The van der Waals surface area contributed by atoms with Gasteiger partial charge in [0.1, 0.15) is 0 Å². The molecule has 1 saturated heterocycles. The molecule has 5 heteroatoms. The first-order valence-corrected chi connectivity index (χ1v) is 5.70. The molecule has 1 atom stereocenters. The normalized spacial score (nSPS) is 20.4. The van der Waals surface area contributed by atoms with Crippen molar-refractivity contribution in [2.45, 2.75) is 19.9 Å². The number of hydrogen-bond acceptors (Lipinski definition) is 4. The van der Waals surface area contributed by atoms with Crippen LogP contribution in [0.4, 0.5) is 5.69 Å². The van der Waals surface area contributed by atoms with E-state index in [1.165, 1.54) is 0 Å². The molecular weight excluding hydrogens is 218 g/mol. The number of pyridine rings is 1. The monoisotopic (exact) mass is 235 g/mol. The van der Waals surface area contributed by atoms with Gasteiger partial charge in [-0.2, -0.15) is 0 Å². The number of hydrogen-bond donors (Lipinski definition) is 1. The number of amides is 1. The summed E-state index contributed by atoms with van der Waals surface area (Å²) in [4.78, 5) is 18.3. The third-order valence-corrected chi connectivity index (χ3v) is 2.97. The average molecular weight is 235 g/mol.